The highest BCUT2D eigenvalue weighted by Crippen LogP contribution is 2.25. The molecule has 0 aliphatic heterocycles. The van der Waals surface area contributed by atoms with Gasteiger partial charge in [0.25, 0.3) is 11.5 Å². The topological polar surface area (TPSA) is 74.6 Å². The number of carbonyl (C=O) groups excluding carboxylic acids is 1. The summed E-state index contributed by atoms with van der Waals surface area (Å²) < 4.78 is 1.38. The minimum absolute atomic E-state index is 0. The van der Waals surface area contributed by atoms with Gasteiger partial charge in [-0.2, -0.15) is 0 Å². The molecule has 1 aromatic heterocycles. The van der Waals surface area contributed by atoms with Crippen LogP contribution in [0.25, 0.3) is 10.9 Å². The number of hydrogen-bond acceptors (Lipinski definition) is 4. The van der Waals surface area contributed by atoms with Crippen LogP contribution in [-0.2, 0) is 7.05 Å². The third-order valence-corrected chi connectivity index (χ3v) is 4.11. The normalized spacial score (nSPS) is 10.7. The standard InChI is InChI=1S/C17H23N3O3.ClH/c1-4-20(5-2)11-10-18-16(22)14-15(21)12-8-6-7-9-13(12)19(3)17(14)23;/h6-9,21H,4-5,10-11H2,1-3H3,(H,18,22);1H. The van der Waals surface area contributed by atoms with Gasteiger partial charge < -0.3 is 19.9 Å². The number of halogens is 1. The van der Waals surface area contributed by atoms with Crippen LogP contribution in [0.15, 0.2) is 29.1 Å². The van der Waals surface area contributed by atoms with Crippen molar-refractivity contribution in [1.29, 1.82) is 0 Å². The number of aryl methyl sites for hydroxylation is 1. The van der Waals surface area contributed by atoms with Crippen LogP contribution in [-0.4, -0.2) is 46.7 Å². The molecule has 7 heteroatoms. The van der Waals surface area contributed by atoms with Crippen LogP contribution in [0.3, 0.4) is 0 Å². The second-order valence-corrected chi connectivity index (χ2v) is 5.39. The molecule has 2 aromatic rings. The molecule has 0 aliphatic carbocycles. The maximum atomic E-state index is 12.4. The summed E-state index contributed by atoms with van der Waals surface area (Å²) in [7, 11) is 1.59. The first-order chi connectivity index (χ1) is 11.0. The molecule has 0 atom stereocenters. The molecule has 0 aliphatic rings. The van der Waals surface area contributed by atoms with Crippen molar-refractivity contribution in [3.63, 3.8) is 0 Å². The fourth-order valence-corrected chi connectivity index (χ4v) is 2.64. The van der Waals surface area contributed by atoms with Gasteiger partial charge >= 0.3 is 0 Å². The van der Waals surface area contributed by atoms with Crippen molar-refractivity contribution in [2.75, 3.05) is 26.2 Å². The van der Waals surface area contributed by atoms with Gasteiger partial charge in [0, 0.05) is 25.5 Å². The number of aromatic nitrogens is 1. The fourth-order valence-electron chi connectivity index (χ4n) is 2.64. The van der Waals surface area contributed by atoms with E-state index in [0.717, 1.165) is 13.1 Å². The summed E-state index contributed by atoms with van der Waals surface area (Å²) in [5, 5.41) is 13.5. The molecule has 1 amide bonds. The molecule has 6 nitrogen and oxygen atoms in total. The first-order valence-electron chi connectivity index (χ1n) is 7.82. The Morgan fingerprint density at radius 2 is 1.88 bits per heavy atom. The predicted octanol–water partition coefficient (Wildman–Crippen LogP) is 1.74. The molecule has 1 heterocycles. The molecule has 2 N–H and O–H groups in total. The second kappa shape index (κ2) is 8.70. The lowest BCUT2D eigenvalue weighted by molar-refractivity contribution is 0.0944. The molecule has 0 saturated carbocycles. The zero-order chi connectivity index (χ0) is 17.0. The van der Waals surface area contributed by atoms with Crippen LogP contribution >= 0.6 is 12.4 Å². The molecule has 24 heavy (non-hydrogen) atoms. The van der Waals surface area contributed by atoms with E-state index in [-0.39, 0.29) is 23.7 Å². The van der Waals surface area contributed by atoms with Crippen molar-refractivity contribution in [3.05, 3.63) is 40.2 Å². The monoisotopic (exact) mass is 353 g/mol. The van der Waals surface area contributed by atoms with E-state index in [0.29, 0.717) is 24.0 Å². The quantitative estimate of drug-likeness (QED) is 0.829. The third kappa shape index (κ3) is 3.88. The van der Waals surface area contributed by atoms with Gasteiger partial charge in [-0.05, 0) is 25.2 Å². The third-order valence-electron chi connectivity index (χ3n) is 4.11. The van der Waals surface area contributed by atoms with Crippen LogP contribution < -0.4 is 10.9 Å². The van der Waals surface area contributed by atoms with Crippen molar-refractivity contribution in [2.24, 2.45) is 7.05 Å². The van der Waals surface area contributed by atoms with E-state index >= 15 is 0 Å². The van der Waals surface area contributed by atoms with E-state index in [4.69, 9.17) is 0 Å². The number of nitrogens with one attached hydrogen (secondary N) is 1. The van der Waals surface area contributed by atoms with Crippen LogP contribution in [0, 0.1) is 0 Å². The van der Waals surface area contributed by atoms with E-state index in [9.17, 15) is 14.7 Å². The smallest absolute Gasteiger partial charge is 0.267 e. The van der Waals surface area contributed by atoms with Crippen molar-refractivity contribution < 1.29 is 9.90 Å². The van der Waals surface area contributed by atoms with Gasteiger partial charge in [0.1, 0.15) is 11.3 Å². The van der Waals surface area contributed by atoms with E-state index in [1.165, 1.54) is 4.57 Å². The predicted molar refractivity (Wildman–Crippen MR) is 98.2 cm³/mol. The van der Waals surface area contributed by atoms with E-state index < -0.39 is 11.5 Å². The highest BCUT2D eigenvalue weighted by atomic mass is 35.5. The number of nitrogens with zero attached hydrogens (tertiary/aromatic N) is 2. The Labute approximate surface area is 147 Å². The molecular weight excluding hydrogens is 330 g/mol. The molecule has 0 unspecified atom stereocenters. The maximum absolute atomic E-state index is 12.4. The van der Waals surface area contributed by atoms with Crippen LogP contribution in [0.1, 0.15) is 24.2 Å². The average molecular weight is 354 g/mol. The van der Waals surface area contributed by atoms with Gasteiger partial charge in [-0.3, -0.25) is 9.59 Å². The zero-order valence-corrected chi connectivity index (χ0v) is 15.0. The van der Waals surface area contributed by atoms with Crippen molar-refractivity contribution >= 4 is 29.2 Å². The number of amides is 1. The lowest BCUT2D eigenvalue weighted by Crippen LogP contribution is -2.37. The minimum atomic E-state index is -0.541. The summed E-state index contributed by atoms with van der Waals surface area (Å²) in [5.74, 6) is -0.801. The number of rotatable bonds is 6. The molecule has 0 radical (unpaired) electrons. The molecule has 2 rings (SSSR count). The molecule has 1 aromatic carbocycles. The molecule has 0 bridgehead atoms. The average Bonchev–Trinajstić information content (AvgIpc) is 2.57. The zero-order valence-electron chi connectivity index (χ0n) is 14.2. The Hall–Kier alpha value is -2.05. The van der Waals surface area contributed by atoms with Crippen LogP contribution in [0.5, 0.6) is 5.75 Å². The Bertz CT molecular complexity index is 770. The highest BCUT2D eigenvalue weighted by molar-refractivity contribution is 6.02. The second-order valence-electron chi connectivity index (χ2n) is 5.39. The number of hydrogen-bond donors (Lipinski definition) is 2. The number of pyridine rings is 1. The first-order valence-corrected chi connectivity index (χ1v) is 7.82. The van der Waals surface area contributed by atoms with E-state index in [2.05, 4.69) is 24.1 Å². The lowest BCUT2D eigenvalue weighted by atomic mass is 10.1. The number of fused-ring (bicyclic) bond motifs is 1. The molecule has 0 spiro atoms. The molecule has 0 fully saturated rings. The van der Waals surface area contributed by atoms with Crippen molar-refractivity contribution in [1.82, 2.24) is 14.8 Å². The Balaban J connectivity index is 0.00000288. The largest absolute Gasteiger partial charge is 0.506 e. The minimum Gasteiger partial charge on any atom is -0.506 e. The summed E-state index contributed by atoms with van der Waals surface area (Å²) in [6.45, 7) is 7.03. The van der Waals surface area contributed by atoms with Crippen LogP contribution in [0.2, 0.25) is 0 Å². The van der Waals surface area contributed by atoms with Gasteiger partial charge in [0.2, 0.25) is 0 Å². The lowest BCUT2D eigenvalue weighted by Gasteiger charge is -2.18. The Morgan fingerprint density at radius 1 is 1.25 bits per heavy atom. The summed E-state index contributed by atoms with van der Waals surface area (Å²) in [4.78, 5) is 26.9. The van der Waals surface area contributed by atoms with Crippen molar-refractivity contribution in [2.45, 2.75) is 13.8 Å². The van der Waals surface area contributed by atoms with Gasteiger partial charge in [-0.25, -0.2) is 0 Å². The number of aromatic hydroxyl groups is 1. The molecule has 132 valence electrons. The number of para-hydroxylation sites is 1. The number of benzene rings is 1. The van der Waals surface area contributed by atoms with E-state index in [1.807, 2.05) is 0 Å². The molecular formula is C17H24ClN3O3. The summed E-state index contributed by atoms with van der Waals surface area (Å²) in [6.07, 6.45) is 0. The van der Waals surface area contributed by atoms with Gasteiger partial charge in [-0.1, -0.05) is 26.0 Å². The Kier molecular flexibility index (Phi) is 7.25. The maximum Gasteiger partial charge on any atom is 0.267 e. The Morgan fingerprint density at radius 3 is 2.50 bits per heavy atom. The first kappa shape index (κ1) is 20.0. The van der Waals surface area contributed by atoms with Gasteiger partial charge in [0.05, 0.1) is 5.52 Å². The number of likely N-dealkylation sites (N-methyl/N-ethyl adjacent to an activating group) is 1. The van der Waals surface area contributed by atoms with Crippen molar-refractivity contribution in [3.8, 4) is 5.75 Å². The summed E-state index contributed by atoms with van der Waals surface area (Å²) in [6, 6.07) is 6.97. The fraction of sp³-hybridized carbons (Fsp3) is 0.412. The van der Waals surface area contributed by atoms with Gasteiger partial charge in [0.15, 0.2) is 0 Å². The van der Waals surface area contributed by atoms with E-state index in [1.54, 1.807) is 31.3 Å². The van der Waals surface area contributed by atoms with Crippen LogP contribution in [0.4, 0.5) is 0 Å². The SMILES string of the molecule is CCN(CC)CCNC(=O)c1c(O)c2ccccc2n(C)c1=O.Cl. The number of carbonyl (C=O) groups is 1. The summed E-state index contributed by atoms with van der Waals surface area (Å²) in [5.41, 5.74) is -0.109. The van der Waals surface area contributed by atoms with Gasteiger partial charge in [-0.15, -0.1) is 12.4 Å². The summed E-state index contributed by atoms with van der Waals surface area (Å²) >= 11 is 0. The molecule has 0 saturated heterocycles. The highest BCUT2D eigenvalue weighted by Gasteiger charge is 2.20.